The molecule has 0 saturated heterocycles. The predicted octanol–water partition coefficient (Wildman–Crippen LogP) is 3.25. The van der Waals surface area contributed by atoms with Gasteiger partial charge in [-0.05, 0) is 20.8 Å². The lowest BCUT2D eigenvalue weighted by atomic mass is 10.2. The Hall–Kier alpha value is -3.12. The zero-order chi connectivity index (χ0) is 23.0. The first-order chi connectivity index (χ1) is 13.6. The Morgan fingerprint density at radius 2 is 1.70 bits per heavy atom. The Kier molecular flexibility index (Phi) is 6.14. The van der Waals surface area contributed by atoms with Gasteiger partial charge in [0, 0.05) is 12.1 Å². The van der Waals surface area contributed by atoms with Gasteiger partial charge < -0.3 is 15.2 Å². The summed E-state index contributed by atoms with van der Waals surface area (Å²) in [7, 11) is 0. The molecule has 2 N–H and O–H groups in total. The predicted molar refractivity (Wildman–Crippen MR) is 93.3 cm³/mol. The summed E-state index contributed by atoms with van der Waals surface area (Å²) in [6.07, 6.45) is -7.92. The molecule has 2 rings (SSSR count). The summed E-state index contributed by atoms with van der Waals surface area (Å²) in [4.78, 5) is 36.8. The maximum Gasteiger partial charge on any atom is 0.411 e. The molecule has 0 bridgehead atoms. The largest absolute Gasteiger partial charge is 0.465 e. The highest BCUT2D eigenvalue weighted by Gasteiger charge is 2.43. The monoisotopic (exact) mass is 439 g/mol. The zero-order valence-corrected chi connectivity index (χ0v) is 16.0. The van der Waals surface area contributed by atoms with Crippen molar-refractivity contribution in [2.45, 2.75) is 38.6 Å². The number of rotatable bonds is 2. The van der Waals surface area contributed by atoms with E-state index < -0.39 is 72.0 Å². The van der Waals surface area contributed by atoms with Gasteiger partial charge >= 0.3 is 18.4 Å². The number of ether oxygens (including phenoxy) is 1. The van der Waals surface area contributed by atoms with Gasteiger partial charge in [-0.15, -0.1) is 0 Å². The normalized spacial score (nSPS) is 17.3. The lowest BCUT2D eigenvalue weighted by molar-refractivity contribution is -0.133. The molecule has 1 heterocycles. The van der Waals surface area contributed by atoms with Gasteiger partial charge in [-0.3, -0.25) is 14.6 Å². The van der Waals surface area contributed by atoms with Crippen LogP contribution in [0.25, 0.3) is 0 Å². The van der Waals surface area contributed by atoms with Crippen LogP contribution in [0.3, 0.4) is 0 Å². The van der Waals surface area contributed by atoms with E-state index in [1.165, 1.54) is 20.8 Å². The molecule has 1 aromatic carbocycles. The number of fused-ring (bicyclic) bond motifs is 1. The van der Waals surface area contributed by atoms with Crippen LogP contribution < -0.4 is 15.1 Å². The lowest BCUT2D eigenvalue weighted by Crippen LogP contribution is -2.54. The number of amides is 3. The van der Waals surface area contributed by atoms with Gasteiger partial charge in [0.2, 0.25) is 0 Å². The lowest BCUT2D eigenvalue weighted by Gasteiger charge is -2.27. The summed E-state index contributed by atoms with van der Waals surface area (Å²) in [5, 5.41) is 11.4. The molecule has 0 saturated carbocycles. The van der Waals surface area contributed by atoms with E-state index in [9.17, 15) is 41.4 Å². The second-order valence-electron chi connectivity index (χ2n) is 7.39. The second kappa shape index (κ2) is 7.95. The molecule has 0 fully saturated rings. The van der Waals surface area contributed by atoms with Crippen LogP contribution in [-0.4, -0.2) is 54.1 Å². The van der Waals surface area contributed by atoms with Gasteiger partial charge in [-0.1, -0.05) is 0 Å². The van der Waals surface area contributed by atoms with Gasteiger partial charge in [-0.2, -0.15) is 13.2 Å². The SMILES string of the molecule is CC(C)(C)OC(=O)N[C@H]1CN(C(=O)O)c2cc(F)c(F)cc2N(CC(F)(F)F)C1=O. The van der Waals surface area contributed by atoms with Crippen molar-refractivity contribution in [1.82, 2.24) is 5.32 Å². The third kappa shape index (κ3) is 5.48. The fraction of sp³-hybridized carbons (Fsp3) is 0.471. The minimum absolute atomic E-state index is 0.0445. The molecule has 3 amide bonds. The van der Waals surface area contributed by atoms with Crippen molar-refractivity contribution in [3.05, 3.63) is 23.8 Å². The highest BCUT2D eigenvalue weighted by molar-refractivity contribution is 6.06. The number of hydrogen-bond acceptors (Lipinski definition) is 4. The van der Waals surface area contributed by atoms with E-state index in [1.807, 2.05) is 5.32 Å². The Morgan fingerprint density at radius 3 is 2.17 bits per heavy atom. The summed E-state index contributed by atoms with van der Waals surface area (Å²) in [6, 6.07) is -1.16. The van der Waals surface area contributed by atoms with Crippen molar-refractivity contribution in [3.8, 4) is 0 Å². The van der Waals surface area contributed by atoms with Gasteiger partial charge in [0.05, 0.1) is 17.9 Å². The molecule has 1 aromatic rings. The molecule has 0 aromatic heterocycles. The molecule has 30 heavy (non-hydrogen) atoms. The molecular weight excluding hydrogens is 421 g/mol. The van der Waals surface area contributed by atoms with Crippen molar-refractivity contribution in [2.24, 2.45) is 0 Å². The summed E-state index contributed by atoms with van der Waals surface area (Å²) in [5.74, 6) is -4.50. The average Bonchev–Trinajstić information content (AvgIpc) is 2.64. The average molecular weight is 439 g/mol. The number of carbonyl (C=O) groups excluding carboxylic acids is 2. The van der Waals surface area contributed by atoms with Crippen molar-refractivity contribution < 1.29 is 46.2 Å². The summed E-state index contributed by atoms with van der Waals surface area (Å²) in [6.45, 7) is 1.68. The molecule has 166 valence electrons. The van der Waals surface area contributed by atoms with Crippen LogP contribution in [0.5, 0.6) is 0 Å². The first-order valence-corrected chi connectivity index (χ1v) is 8.46. The van der Waals surface area contributed by atoms with E-state index in [2.05, 4.69) is 0 Å². The van der Waals surface area contributed by atoms with E-state index in [0.29, 0.717) is 17.0 Å². The summed E-state index contributed by atoms with van der Waals surface area (Å²) >= 11 is 0. The summed E-state index contributed by atoms with van der Waals surface area (Å²) < 4.78 is 71.7. The number of halogens is 5. The number of alkyl halides is 3. The Balaban J connectivity index is 2.56. The van der Waals surface area contributed by atoms with E-state index >= 15 is 0 Å². The first kappa shape index (κ1) is 23.2. The highest BCUT2D eigenvalue weighted by atomic mass is 19.4. The fourth-order valence-electron chi connectivity index (χ4n) is 2.70. The molecule has 0 radical (unpaired) electrons. The number of nitrogens with zero attached hydrogens (tertiary/aromatic N) is 2. The van der Waals surface area contributed by atoms with E-state index in [4.69, 9.17) is 4.74 Å². The zero-order valence-electron chi connectivity index (χ0n) is 16.0. The van der Waals surface area contributed by atoms with Gasteiger partial charge in [0.1, 0.15) is 18.2 Å². The minimum atomic E-state index is -4.97. The number of benzene rings is 1. The van der Waals surface area contributed by atoms with Crippen LogP contribution in [0.2, 0.25) is 0 Å². The maximum atomic E-state index is 13.7. The van der Waals surface area contributed by atoms with Gasteiger partial charge in [0.15, 0.2) is 11.6 Å². The quantitative estimate of drug-likeness (QED) is 0.690. The first-order valence-electron chi connectivity index (χ1n) is 8.46. The molecular formula is C17H18F5N3O5. The van der Waals surface area contributed by atoms with Crippen LogP contribution in [0.1, 0.15) is 20.8 Å². The molecule has 8 nitrogen and oxygen atoms in total. The third-order valence-electron chi connectivity index (χ3n) is 3.79. The Bertz CT molecular complexity index is 869. The highest BCUT2D eigenvalue weighted by Crippen LogP contribution is 2.36. The fourth-order valence-corrected chi connectivity index (χ4v) is 2.70. The Labute approximate surface area is 167 Å². The molecule has 0 aliphatic carbocycles. The van der Waals surface area contributed by atoms with Crippen molar-refractivity contribution in [3.63, 3.8) is 0 Å². The van der Waals surface area contributed by atoms with Gasteiger partial charge in [-0.25, -0.2) is 18.4 Å². The summed E-state index contributed by atoms with van der Waals surface area (Å²) in [5.41, 5.74) is -2.52. The van der Waals surface area contributed by atoms with Crippen LogP contribution >= 0.6 is 0 Å². The molecule has 1 aliphatic heterocycles. The van der Waals surface area contributed by atoms with E-state index in [-0.39, 0.29) is 4.90 Å². The number of carboxylic acid groups (broad SMARTS) is 1. The van der Waals surface area contributed by atoms with Crippen molar-refractivity contribution >= 4 is 29.5 Å². The second-order valence-corrected chi connectivity index (χ2v) is 7.39. The minimum Gasteiger partial charge on any atom is -0.465 e. The van der Waals surface area contributed by atoms with Gasteiger partial charge in [0.25, 0.3) is 5.91 Å². The molecule has 0 spiro atoms. The number of carbonyl (C=O) groups is 3. The van der Waals surface area contributed by atoms with E-state index in [0.717, 1.165) is 0 Å². The molecule has 1 aliphatic rings. The number of hydrogen-bond donors (Lipinski definition) is 2. The number of anilines is 2. The standard InChI is InChI=1S/C17H18F5N3O5/c1-16(2,3)30-14(27)23-10-6-24(15(28)29)11-4-8(18)9(19)5-12(11)25(13(10)26)7-17(20,21)22/h4-5,10H,6-7H2,1-3H3,(H,23,27)(H,28,29)/t10-/m0/s1. The smallest absolute Gasteiger partial charge is 0.411 e. The topological polar surface area (TPSA) is 99.2 Å². The van der Waals surface area contributed by atoms with Crippen molar-refractivity contribution in [2.75, 3.05) is 22.9 Å². The Morgan fingerprint density at radius 1 is 1.17 bits per heavy atom. The molecule has 1 atom stereocenters. The van der Waals surface area contributed by atoms with Crippen LogP contribution in [0, 0.1) is 11.6 Å². The number of alkyl carbamates (subject to hydrolysis) is 1. The number of nitrogens with one attached hydrogen (secondary N) is 1. The van der Waals surface area contributed by atoms with Crippen LogP contribution in [0.15, 0.2) is 12.1 Å². The third-order valence-corrected chi connectivity index (χ3v) is 3.79. The van der Waals surface area contributed by atoms with Crippen molar-refractivity contribution in [1.29, 1.82) is 0 Å². The van der Waals surface area contributed by atoms with Crippen LogP contribution in [0.4, 0.5) is 42.9 Å². The van der Waals surface area contributed by atoms with E-state index in [1.54, 1.807) is 0 Å². The van der Waals surface area contributed by atoms with Crippen LogP contribution in [-0.2, 0) is 9.53 Å². The molecule has 0 unspecified atom stereocenters. The molecule has 13 heteroatoms. The maximum absolute atomic E-state index is 13.7.